The molecule has 7 aromatic rings. The molecule has 1 saturated heterocycles. The maximum absolute atomic E-state index is 6.89. The normalized spacial score (nSPS) is 18.1. The number of hydrogen-bond donors (Lipinski definition) is 0. The monoisotopic (exact) mass is 912 g/mol. The van der Waals surface area contributed by atoms with Gasteiger partial charge in [0.25, 0.3) is 0 Å². The van der Waals surface area contributed by atoms with Crippen molar-refractivity contribution >= 4 is 0 Å². The van der Waals surface area contributed by atoms with Crippen molar-refractivity contribution < 1.29 is 47.4 Å². The third-order valence-corrected chi connectivity index (χ3v) is 11.2. The van der Waals surface area contributed by atoms with Gasteiger partial charge in [0.2, 0.25) is 0 Å². The van der Waals surface area contributed by atoms with Gasteiger partial charge in [0.05, 0.1) is 93.6 Å². The molecule has 8 rings (SSSR count). The van der Waals surface area contributed by atoms with Crippen molar-refractivity contribution in [3.05, 3.63) is 179 Å². The van der Waals surface area contributed by atoms with E-state index in [1.54, 1.807) is 37.8 Å². The van der Waals surface area contributed by atoms with Crippen LogP contribution in [0.3, 0.4) is 0 Å². The zero-order valence-electron chi connectivity index (χ0n) is 38.1. The van der Waals surface area contributed by atoms with Gasteiger partial charge >= 0.3 is 0 Å². The summed E-state index contributed by atoms with van der Waals surface area (Å²) in [5.41, 5.74) is 5.94. The highest BCUT2D eigenvalue weighted by Gasteiger charge is 2.49. The molecule has 5 aromatic carbocycles. The Morgan fingerprint density at radius 1 is 0.478 bits per heavy atom. The molecule has 67 heavy (non-hydrogen) atoms. The molecule has 0 amide bonds. The summed E-state index contributed by atoms with van der Waals surface area (Å²) < 4.78 is 66.0. The first-order chi connectivity index (χ1) is 33.0. The van der Waals surface area contributed by atoms with Crippen molar-refractivity contribution in [2.24, 2.45) is 0 Å². The van der Waals surface area contributed by atoms with Crippen LogP contribution in [0, 0.1) is 0 Å². The van der Waals surface area contributed by atoms with E-state index in [0.717, 1.165) is 33.6 Å². The molecule has 350 valence electrons. The Labute approximate surface area is 390 Å². The molecule has 0 radical (unpaired) electrons. The second-order valence-corrected chi connectivity index (χ2v) is 15.8. The highest BCUT2D eigenvalue weighted by atomic mass is 16.7. The van der Waals surface area contributed by atoms with E-state index in [4.69, 9.17) is 47.4 Å². The standard InChI is InChI=1S/C51H56N6O10/c1-58-43-20-22-45(60-3)39(24-43)26-56-28-41(52-54-56)33-62-35-47-48(63-30-36-14-8-5-9-15-36)49(64-31-37-16-10-6-11-17-37)50(65-32-38-18-12-7-13-19-38)51(67-47)66-34-42-29-57(55-53-42)27-40-25-44(59-2)21-23-46(40)61-4/h5-25,28-29,47-51H,26-27,30-35H2,1-4H3/t47-,48-,49+,50-,51+/m1/s1. The van der Waals surface area contributed by atoms with Gasteiger partial charge in [-0.3, -0.25) is 0 Å². The van der Waals surface area contributed by atoms with Crippen molar-refractivity contribution in [1.29, 1.82) is 0 Å². The third-order valence-electron chi connectivity index (χ3n) is 11.2. The highest BCUT2D eigenvalue weighted by molar-refractivity contribution is 5.41. The molecule has 0 aliphatic carbocycles. The van der Waals surface area contributed by atoms with Crippen molar-refractivity contribution in [3.8, 4) is 23.0 Å². The molecule has 0 unspecified atom stereocenters. The lowest BCUT2D eigenvalue weighted by Gasteiger charge is -2.45. The smallest absolute Gasteiger partial charge is 0.187 e. The van der Waals surface area contributed by atoms with Gasteiger partial charge in [-0.15, -0.1) is 10.2 Å². The minimum absolute atomic E-state index is 0.0564. The summed E-state index contributed by atoms with van der Waals surface area (Å²) in [5, 5.41) is 17.6. The number of rotatable bonds is 24. The van der Waals surface area contributed by atoms with Gasteiger partial charge in [0.1, 0.15) is 58.8 Å². The summed E-state index contributed by atoms with van der Waals surface area (Å²) >= 11 is 0. The lowest BCUT2D eigenvalue weighted by atomic mass is 9.97. The van der Waals surface area contributed by atoms with E-state index >= 15 is 0 Å². The molecule has 0 bridgehead atoms. The SMILES string of the molecule is COc1ccc(OC)c(Cn2cc(COC[C@H]3O[C@H](OCc4cn(Cc5cc(OC)ccc5OC)nn4)[C@H](OCc4ccccc4)[C@@H](OCc4ccccc4)[C@@H]3OCc3ccccc3)nn2)c1. The Bertz CT molecular complexity index is 2560. The van der Waals surface area contributed by atoms with Gasteiger partial charge in [0.15, 0.2) is 6.29 Å². The van der Waals surface area contributed by atoms with E-state index in [-0.39, 0.29) is 39.6 Å². The summed E-state index contributed by atoms with van der Waals surface area (Å²) in [6, 6.07) is 41.2. The van der Waals surface area contributed by atoms with Gasteiger partial charge in [-0.2, -0.15) is 0 Å². The number of aromatic nitrogens is 6. The van der Waals surface area contributed by atoms with Crippen molar-refractivity contribution in [1.82, 2.24) is 30.0 Å². The molecular weight excluding hydrogens is 857 g/mol. The van der Waals surface area contributed by atoms with E-state index < -0.39 is 30.7 Å². The fraction of sp³-hybridized carbons (Fsp3) is 0.333. The maximum atomic E-state index is 6.89. The average molecular weight is 913 g/mol. The number of methoxy groups -OCH3 is 4. The molecule has 1 fully saturated rings. The summed E-state index contributed by atoms with van der Waals surface area (Å²) in [6.07, 6.45) is -0.0723. The minimum Gasteiger partial charge on any atom is -0.497 e. The number of nitrogens with zero attached hydrogens (tertiary/aromatic N) is 6. The Morgan fingerprint density at radius 3 is 1.42 bits per heavy atom. The van der Waals surface area contributed by atoms with Crippen LogP contribution in [0.15, 0.2) is 140 Å². The number of hydrogen-bond acceptors (Lipinski definition) is 14. The zero-order valence-corrected chi connectivity index (χ0v) is 38.1. The van der Waals surface area contributed by atoms with Gasteiger partial charge in [-0.1, -0.05) is 101 Å². The summed E-state index contributed by atoms with van der Waals surface area (Å²) in [4.78, 5) is 0. The van der Waals surface area contributed by atoms with Gasteiger partial charge in [0, 0.05) is 11.1 Å². The fourth-order valence-electron chi connectivity index (χ4n) is 7.79. The second-order valence-electron chi connectivity index (χ2n) is 15.8. The van der Waals surface area contributed by atoms with E-state index in [2.05, 4.69) is 20.6 Å². The van der Waals surface area contributed by atoms with Crippen LogP contribution in [0.25, 0.3) is 0 Å². The van der Waals surface area contributed by atoms with Crippen LogP contribution < -0.4 is 18.9 Å². The first-order valence-electron chi connectivity index (χ1n) is 22.0. The first-order valence-corrected chi connectivity index (χ1v) is 22.0. The Kier molecular flexibility index (Phi) is 16.6. The summed E-state index contributed by atoms with van der Waals surface area (Å²) in [5.74, 6) is 2.85. The molecular formula is C51H56N6O10. The van der Waals surface area contributed by atoms with E-state index in [1.165, 1.54) is 0 Å². The molecule has 5 atom stereocenters. The van der Waals surface area contributed by atoms with Crippen LogP contribution in [0.2, 0.25) is 0 Å². The quantitative estimate of drug-likeness (QED) is 0.0600. The van der Waals surface area contributed by atoms with Crippen LogP contribution >= 0.6 is 0 Å². The molecule has 2 aromatic heterocycles. The molecule has 1 aliphatic rings. The molecule has 0 saturated carbocycles. The molecule has 1 aliphatic heterocycles. The van der Waals surface area contributed by atoms with Crippen LogP contribution in [0.5, 0.6) is 23.0 Å². The molecule has 16 heteroatoms. The second kappa shape index (κ2) is 23.7. The Balaban J connectivity index is 1.05. The Morgan fingerprint density at radius 2 is 0.940 bits per heavy atom. The Hall–Kier alpha value is -6.66. The van der Waals surface area contributed by atoms with Crippen LogP contribution in [0.4, 0.5) is 0 Å². The van der Waals surface area contributed by atoms with Crippen molar-refractivity contribution in [2.45, 2.75) is 76.8 Å². The first kappa shape index (κ1) is 46.9. The largest absolute Gasteiger partial charge is 0.497 e. The summed E-state index contributed by atoms with van der Waals surface area (Å²) in [6.45, 7) is 1.96. The van der Waals surface area contributed by atoms with Crippen LogP contribution in [-0.2, 0) is 74.5 Å². The molecule has 3 heterocycles. The lowest BCUT2D eigenvalue weighted by molar-refractivity contribution is -0.331. The minimum atomic E-state index is -0.947. The van der Waals surface area contributed by atoms with E-state index in [0.29, 0.717) is 41.7 Å². The van der Waals surface area contributed by atoms with Gasteiger partial charge in [-0.05, 0) is 53.1 Å². The average Bonchev–Trinajstić information content (AvgIpc) is 4.03. The van der Waals surface area contributed by atoms with Gasteiger partial charge < -0.3 is 47.4 Å². The zero-order chi connectivity index (χ0) is 46.2. The third kappa shape index (κ3) is 12.8. The summed E-state index contributed by atoms with van der Waals surface area (Å²) in [7, 11) is 6.52. The predicted molar refractivity (Wildman–Crippen MR) is 246 cm³/mol. The molecule has 0 N–H and O–H groups in total. The van der Waals surface area contributed by atoms with Crippen LogP contribution in [-0.4, -0.2) is 95.7 Å². The lowest BCUT2D eigenvalue weighted by Crippen LogP contribution is -2.61. The van der Waals surface area contributed by atoms with E-state index in [1.807, 2.05) is 140 Å². The van der Waals surface area contributed by atoms with Gasteiger partial charge in [-0.25, -0.2) is 9.36 Å². The highest BCUT2D eigenvalue weighted by Crippen LogP contribution is 2.33. The predicted octanol–water partition coefficient (Wildman–Crippen LogP) is 7.22. The van der Waals surface area contributed by atoms with Crippen molar-refractivity contribution in [3.63, 3.8) is 0 Å². The fourth-order valence-corrected chi connectivity index (χ4v) is 7.79. The van der Waals surface area contributed by atoms with Crippen LogP contribution in [0.1, 0.15) is 39.2 Å². The molecule has 16 nitrogen and oxygen atoms in total. The number of ether oxygens (including phenoxy) is 10. The van der Waals surface area contributed by atoms with E-state index in [9.17, 15) is 0 Å². The molecule has 0 spiro atoms. The number of benzene rings is 5. The maximum Gasteiger partial charge on any atom is 0.187 e. The van der Waals surface area contributed by atoms with Crippen molar-refractivity contribution in [2.75, 3.05) is 35.0 Å². The topological polar surface area (TPSA) is 154 Å².